The summed E-state index contributed by atoms with van der Waals surface area (Å²) in [6.45, 7) is 7.73. The summed E-state index contributed by atoms with van der Waals surface area (Å²) in [6, 6.07) is 4.12. The average Bonchev–Trinajstić information content (AvgIpc) is 2.47. The van der Waals surface area contributed by atoms with Crippen LogP contribution in [0.25, 0.3) is 5.57 Å². The van der Waals surface area contributed by atoms with Crippen LogP contribution in [0.15, 0.2) is 23.2 Å². The molecular formula is C18H22N2O. The number of methoxy groups -OCH3 is 1. The second kappa shape index (κ2) is 6.69. The van der Waals surface area contributed by atoms with Gasteiger partial charge in [-0.05, 0) is 23.1 Å². The third kappa shape index (κ3) is 4.03. The Morgan fingerprint density at radius 1 is 1.29 bits per heavy atom. The molecule has 21 heavy (non-hydrogen) atoms. The lowest BCUT2D eigenvalue weighted by Gasteiger charge is -2.23. The van der Waals surface area contributed by atoms with E-state index in [-0.39, 0.29) is 5.41 Å². The van der Waals surface area contributed by atoms with Crippen molar-refractivity contribution in [1.29, 1.82) is 0 Å². The van der Waals surface area contributed by atoms with E-state index in [0.717, 1.165) is 24.4 Å². The lowest BCUT2D eigenvalue weighted by molar-refractivity contribution is 0.240. The molecule has 0 bridgehead atoms. The Hall–Kier alpha value is -1.92. The fraction of sp³-hybridized carbons (Fsp3) is 0.444. The Labute approximate surface area is 127 Å². The van der Waals surface area contributed by atoms with Crippen LogP contribution in [0, 0.1) is 11.8 Å². The Morgan fingerprint density at radius 2 is 2.10 bits per heavy atom. The predicted octanol–water partition coefficient (Wildman–Crippen LogP) is 3.23. The van der Waals surface area contributed by atoms with E-state index in [1.165, 1.54) is 11.1 Å². The number of pyridine rings is 1. The summed E-state index contributed by atoms with van der Waals surface area (Å²) in [6.07, 6.45) is 5.04. The molecule has 0 aromatic carbocycles. The fourth-order valence-corrected chi connectivity index (χ4v) is 2.26. The van der Waals surface area contributed by atoms with Crippen molar-refractivity contribution in [2.24, 2.45) is 4.99 Å². The van der Waals surface area contributed by atoms with Gasteiger partial charge in [0.1, 0.15) is 12.3 Å². The molecule has 0 saturated heterocycles. The predicted molar refractivity (Wildman–Crippen MR) is 87.6 cm³/mol. The van der Waals surface area contributed by atoms with Gasteiger partial charge in [-0.2, -0.15) is 0 Å². The van der Waals surface area contributed by atoms with E-state index in [2.05, 4.69) is 49.7 Å². The van der Waals surface area contributed by atoms with E-state index in [9.17, 15) is 0 Å². The summed E-state index contributed by atoms with van der Waals surface area (Å²) >= 11 is 0. The zero-order chi connectivity index (χ0) is 15.3. The van der Waals surface area contributed by atoms with E-state index in [1.807, 2.05) is 12.3 Å². The van der Waals surface area contributed by atoms with Crippen molar-refractivity contribution < 1.29 is 4.74 Å². The highest BCUT2D eigenvalue weighted by Crippen LogP contribution is 2.30. The number of allylic oxidation sites excluding steroid dienone is 1. The summed E-state index contributed by atoms with van der Waals surface area (Å²) in [5.74, 6) is 6.01. The summed E-state index contributed by atoms with van der Waals surface area (Å²) in [7, 11) is 1.64. The molecule has 3 nitrogen and oxygen atoms in total. The Kier molecular flexibility index (Phi) is 4.93. The molecule has 0 aliphatic carbocycles. The highest BCUT2D eigenvalue weighted by Gasteiger charge is 2.22. The van der Waals surface area contributed by atoms with Crippen LogP contribution in [0.5, 0.6) is 0 Å². The number of aliphatic imine (C=N–C) groups is 1. The molecule has 0 amide bonds. The summed E-state index contributed by atoms with van der Waals surface area (Å²) < 4.78 is 4.95. The molecule has 1 aromatic rings. The topological polar surface area (TPSA) is 34.5 Å². The molecule has 2 heterocycles. The fourth-order valence-electron chi connectivity index (χ4n) is 2.26. The number of rotatable bonds is 2. The molecule has 0 radical (unpaired) electrons. The standard InChI is InChI=1S/C18H22N2O/c1-18(2,3)17-16(14-9-11-19-12-10-14)8-7-15(20-17)6-5-13-21-4/h7-9,12H,10-11,13H2,1-4H3. The Morgan fingerprint density at radius 3 is 2.71 bits per heavy atom. The molecule has 0 N–H and O–H groups in total. The molecule has 1 aliphatic heterocycles. The zero-order valence-electron chi connectivity index (χ0n) is 13.2. The number of hydrogen-bond donors (Lipinski definition) is 0. The minimum atomic E-state index is -0.0241. The van der Waals surface area contributed by atoms with Crippen molar-refractivity contribution in [2.75, 3.05) is 20.3 Å². The van der Waals surface area contributed by atoms with E-state index in [4.69, 9.17) is 9.72 Å². The van der Waals surface area contributed by atoms with Gasteiger partial charge in [-0.25, -0.2) is 4.98 Å². The van der Waals surface area contributed by atoms with Gasteiger partial charge in [0.05, 0.1) is 12.2 Å². The maximum atomic E-state index is 4.95. The van der Waals surface area contributed by atoms with Crippen LogP contribution in [0.3, 0.4) is 0 Å². The highest BCUT2D eigenvalue weighted by molar-refractivity contribution is 5.82. The molecule has 2 rings (SSSR count). The lowest BCUT2D eigenvalue weighted by atomic mass is 9.85. The monoisotopic (exact) mass is 282 g/mol. The van der Waals surface area contributed by atoms with E-state index < -0.39 is 0 Å². The Bertz CT molecular complexity index is 625. The second-order valence-electron chi connectivity index (χ2n) is 6.06. The molecule has 3 heteroatoms. The van der Waals surface area contributed by atoms with Gasteiger partial charge in [-0.15, -0.1) is 0 Å². The van der Waals surface area contributed by atoms with Crippen LogP contribution < -0.4 is 0 Å². The molecule has 1 aliphatic rings. The SMILES string of the molecule is COCC#Cc1ccc(C2=CCN=CC2)c(C(C)(C)C)n1. The van der Waals surface area contributed by atoms with Crippen LogP contribution in [0.4, 0.5) is 0 Å². The normalized spacial score (nSPS) is 14.4. The molecule has 0 spiro atoms. The van der Waals surface area contributed by atoms with Gasteiger partial charge in [-0.3, -0.25) is 4.99 Å². The maximum Gasteiger partial charge on any atom is 0.113 e. The number of hydrogen-bond acceptors (Lipinski definition) is 3. The molecule has 0 saturated carbocycles. The van der Waals surface area contributed by atoms with Gasteiger partial charge in [0, 0.05) is 25.2 Å². The molecular weight excluding hydrogens is 260 g/mol. The first kappa shape index (κ1) is 15.5. The van der Waals surface area contributed by atoms with Crippen LogP contribution in [0.1, 0.15) is 44.1 Å². The third-order valence-electron chi connectivity index (χ3n) is 3.27. The van der Waals surface area contributed by atoms with E-state index in [1.54, 1.807) is 7.11 Å². The van der Waals surface area contributed by atoms with Gasteiger partial charge >= 0.3 is 0 Å². The highest BCUT2D eigenvalue weighted by atomic mass is 16.5. The first-order chi connectivity index (χ1) is 10.0. The maximum absolute atomic E-state index is 4.95. The van der Waals surface area contributed by atoms with Gasteiger partial charge in [0.2, 0.25) is 0 Å². The molecule has 0 unspecified atom stereocenters. The smallest absolute Gasteiger partial charge is 0.113 e. The quantitative estimate of drug-likeness (QED) is 0.780. The second-order valence-corrected chi connectivity index (χ2v) is 6.06. The first-order valence-electron chi connectivity index (χ1n) is 7.19. The van der Waals surface area contributed by atoms with Gasteiger partial charge in [0.25, 0.3) is 0 Å². The molecule has 110 valence electrons. The van der Waals surface area contributed by atoms with Crippen molar-refractivity contribution in [3.05, 3.63) is 35.2 Å². The zero-order valence-corrected chi connectivity index (χ0v) is 13.2. The van der Waals surface area contributed by atoms with Gasteiger partial charge in [0.15, 0.2) is 0 Å². The van der Waals surface area contributed by atoms with Gasteiger partial charge in [-0.1, -0.05) is 38.8 Å². The minimum absolute atomic E-state index is 0.0241. The lowest BCUT2D eigenvalue weighted by Crippen LogP contribution is -2.17. The summed E-state index contributed by atoms with van der Waals surface area (Å²) in [4.78, 5) is 9.03. The number of nitrogens with zero attached hydrogens (tertiary/aromatic N) is 2. The number of aromatic nitrogens is 1. The number of ether oxygens (including phenoxy) is 1. The van der Waals surface area contributed by atoms with E-state index in [0.29, 0.717) is 6.61 Å². The van der Waals surface area contributed by atoms with Crippen LogP contribution >= 0.6 is 0 Å². The van der Waals surface area contributed by atoms with E-state index >= 15 is 0 Å². The third-order valence-corrected chi connectivity index (χ3v) is 3.27. The first-order valence-corrected chi connectivity index (χ1v) is 7.19. The number of dihydropyridines is 1. The minimum Gasteiger partial charge on any atom is -0.372 e. The van der Waals surface area contributed by atoms with Gasteiger partial charge < -0.3 is 4.74 Å². The van der Waals surface area contributed by atoms with Crippen molar-refractivity contribution in [3.8, 4) is 11.8 Å². The van der Waals surface area contributed by atoms with Crippen LogP contribution in [-0.2, 0) is 10.2 Å². The molecule has 1 aromatic heterocycles. The summed E-state index contributed by atoms with van der Waals surface area (Å²) in [5.41, 5.74) is 4.38. The van der Waals surface area contributed by atoms with Crippen LogP contribution in [0.2, 0.25) is 0 Å². The largest absolute Gasteiger partial charge is 0.372 e. The van der Waals surface area contributed by atoms with Crippen molar-refractivity contribution in [1.82, 2.24) is 4.98 Å². The molecule has 0 fully saturated rings. The van der Waals surface area contributed by atoms with Crippen molar-refractivity contribution in [3.63, 3.8) is 0 Å². The van der Waals surface area contributed by atoms with Crippen molar-refractivity contribution >= 4 is 11.8 Å². The Balaban J connectivity index is 2.42. The average molecular weight is 282 g/mol. The molecule has 0 atom stereocenters. The van der Waals surface area contributed by atoms with Crippen molar-refractivity contribution in [2.45, 2.75) is 32.6 Å². The van der Waals surface area contributed by atoms with Crippen LogP contribution in [-0.4, -0.2) is 31.5 Å². The summed E-state index contributed by atoms with van der Waals surface area (Å²) in [5, 5.41) is 0.